The van der Waals surface area contributed by atoms with Crippen LogP contribution in [0.25, 0.3) is 0 Å². The van der Waals surface area contributed by atoms with Crippen molar-refractivity contribution in [3.8, 4) is 0 Å². The van der Waals surface area contributed by atoms with Crippen molar-refractivity contribution in [2.75, 3.05) is 13.6 Å². The quantitative estimate of drug-likeness (QED) is 0.910. The van der Waals surface area contributed by atoms with Gasteiger partial charge in [-0.05, 0) is 43.8 Å². The Bertz CT molecular complexity index is 571. The summed E-state index contributed by atoms with van der Waals surface area (Å²) in [5.74, 6) is -0.233. The van der Waals surface area contributed by atoms with Gasteiger partial charge in [0, 0.05) is 24.8 Å². The molecule has 2 aromatic rings. The number of hydrogen-bond donors (Lipinski definition) is 1. The topological polar surface area (TPSA) is 42.1 Å². The largest absolute Gasteiger partial charge is 0.329 e. The third-order valence-electron chi connectivity index (χ3n) is 3.35. The van der Waals surface area contributed by atoms with E-state index in [1.54, 1.807) is 6.07 Å². The van der Waals surface area contributed by atoms with Crippen molar-refractivity contribution in [1.82, 2.24) is 9.88 Å². The molecule has 3 nitrogen and oxygen atoms in total. The minimum Gasteiger partial charge on any atom is -0.329 e. The lowest BCUT2D eigenvalue weighted by Gasteiger charge is -2.27. The van der Waals surface area contributed by atoms with Gasteiger partial charge in [0.1, 0.15) is 5.82 Å². The molecule has 1 atom stereocenters. The van der Waals surface area contributed by atoms with E-state index in [0.717, 1.165) is 17.0 Å². The van der Waals surface area contributed by atoms with Gasteiger partial charge >= 0.3 is 0 Å². The first-order valence-corrected chi connectivity index (χ1v) is 6.68. The van der Waals surface area contributed by atoms with E-state index < -0.39 is 0 Å². The van der Waals surface area contributed by atoms with Crippen LogP contribution in [0.2, 0.25) is 0 Å². The standard InChI is InChI=1S/C16H20FN3/c1-12-5-3-8-15(19-12)11-20(2)16(10-18)13-6-4-7-14(17)9-13/h3-9,16H,10-11,18H2,1-2H3. The highest BCUT2D eigenvalue weighted by Crippen LogP contribution is 2.20. The van der Waals surface area contributed by atoms with Crippen molar-refractivity contribution in [3.63, 3.8) is 0 Å². The summed E-state index contributed by atoms with van der Waals surface area (Å²) in [7, 11) is 1.98. The Morgan fingerprint density at radius 1 is 1.25 bits per heavy atom. The molecule has 0 aliphatic rings. The number of pyridine rings is 1. The average molecular weight is 273 g/mol. The summed E-state index contributed by atoms with van der Waals surface area (Å²) in [4.78, 5) is 6.58. The van der Waals surface area contributed by atoms with Gasteiger partial charge in [0.25, 0.3) is 0 Å². The maximum atomic E-state index is 13.3. The number of halogens is 1. The SMILES string of the molecule is Cc1cccc(CN(C)C(CN)c2cccc(F)c2)n1. The second kappa shape index (κ2) is 6.59. The van der Waals surface area contributed by atoms with Gasteiger partial charge < -0.3 is 5.73 Å². The molecule has 0 aliphatic heterocycles. The maximum absolute atomic E-state index is 13.3. The molecule has 20 heavy (non-hydrogen) atoms. The van der Waals surface area contributed by atoms with Crippen molar-refractivity contribution >= 4 is 0 Å². The fourth-order valence-electron chi connectivity index (χ4n) is 2.34. The zero-order valence-electron chi connectivity index (χ0n) is 11.9. The summed E-state index contributed by atoms with van der Waals surface area (Å²) in [6, 6.07) is 12.5. The third kappa shape index (κ3) is 3.62. The molecule has 0 saturated heterocycles. The molecule has 2 rings (SSSR count). The Kier molecular flexibility index (Phi) is 4.82. The molecule has 0 fully saturated rings. The van der Waals surface area contributed by atoms with Crippen LogP contribution < -0.4 is 5.73 Å². The van der Waals surface area contributed by atoms with E-state index in [1.807, 2.05) is 38.2 Å². The van der Waals surface area contributed by atoms with E-state index in [1.165, 1.54) is 12.1 Å². The van der Waals surface area contributed by atoms with E-state index in [-0.39, 0.29) is 11.9 Å². The summed E-state index contributed by atoms with van der Waals surface area (Å²) in [5.41, 5.74) is 8.73. The molecule has 1 unspecified atom stereocenters. The summed E-state index contributed by atoms with van der Waals surface area (Å²) in [5, 5.41) is 0. The molecule has 0 saturated carbocycles. The minimum atomic E-state index is -0.233. The Morgan fingerprint density at radius 3 is 2.65 bits per heavy atom. The average Bonchev–Trinajstić information content (AvgIpc) is 2.39. The first-order valence-electron chi connectivity index (χ1n) is 6.68. The molecule has 1 aromatic heterocycles. The summed E-state index contributed by atoms with van der Waals surface area (Å²) < 4.78 is 13.3. The van der Waals surface area contributed by atoms with Gasteiger partial charge in [-0.2, -0.15) is 0 Å². The first-order chi connectivity index (χ1) is 9.60. The van der Waals surface area contributed by atoms with E-state index >= 15 is 0 Å². The number of nitrogens with two attached hydrogens (primary N) is 1. The molecule has 4 heteroatoms. The second-order valence-electron chi connectivity index (χ2n) is 4.99. The van der Waals surface area contributed by atoms with Crippen molar-refractivity contribution in [1.29, 1.82) is 0 Å². The highest BCUT2D eigenvalue weighted by Gasteiger charge is 2.16. The second-order valence-corrected chi connectivity index (χ2v) is 4.99. The Hall–Kier alpha value is -1.78. The van der Waals surface area contributed by atoms with Crippen molar-refractivity contribution in [3.05, 3.63) is 65.2 Å². The lowest BCUT2D eigenvalue weighted by atomic mass is 10.1. The van der Waals surface area contributed by atoms with Crippen LogP contribution in [0.5, 0.6) is 0 Å². The summed E-state index contributed by atoms with van der Waals surface area (Å²) in [6.07, 6.45) is 0. The van der Waals surface area contributed by atoms with Gasteiger partial charge in [-0.15, -0.1) is 0 Å². The van der Waals surface area contributed by atoms with Crippen LogP contribution >= 0.6 is 0 Å². The van der Waals surface area contributed by atoms with Gasteiger partial charge in [0.05, 0.1) is 5.69 Å². The first kappa shape index (κ1) is 14.6. The predicted octanol–water partition coefficient (Wildman–Crippen LogP) is 2.66. The smallest absolute Gasteiger partial charge is 0.123 e. The van der Waals surface area contributed by atoms with E-state index in [0.29, 0.717) is 13.1 Å². The van der Waals surface area contributed by atoms with Crippen molar-refractivity contribution < 1.29 is 4.39 Å². The van der Waals surface area contributed by atoms with E-state index in [4.69, 9.17) is 5.73 Å². The van der Waals surface area contributed by atoms with E-state index in [2.05, 4.69) is 9.88 Å². The molecule has 0 bridgehead atoms. The molecule has 0 aliphatic carbocycles. The van der Waals surface area contributed by atoms with Crippen LogP contribution in [-0.2, 0) is 6.54 Å². The van der Waals surface area contributed by atoms with Crippen LogP contribution in [0.15, 0.2) is 42.5 Å². The molecule has 1 heterocycles. The molecule has 0 spiro atoms. The number of hydrogen-bond acceptors (Lipinski definition) is 3. The highest BCUT2D eigenvalue weighted by atomic mass is 19.1. The normalized spacial score (nSPS) is 12.7. The third-order valence-corrected chi connectivity index (χ3v) is 3.35. The molecular weight excluding hydrogens is 253 g/mol. The minimum absolute atomic E-state index is 0.0204. The lowest BCUT2D eigenvalue weighted by Crippen LogP contribution is -2.30. The monoisotopic (exact) mass is 273 g/mol. The van der Waals surface area contributed by atoms with Crippen molar-refractivity contribution in [2.24, 2.45) is 5.73 Å². The highest BCUT2D eigenvalue weighted by molar-refractivity contribution is 5.21. The number of benzene rings is 1. The number of aromatic nitrogens is 1. The molecular formula is C16H20FN3. The predicted molar refractivity (Wildman–Crippen MR) is 78.6 cm³/mol. The molecule has 1 aromatic carbocycles. The van der Waals surface area contributed by atoms with Crippen LogP contribution in [0.4, 0.5) is 4.39 Å². The zero-order valence-corrected chi connectivity index (χ0v) is 11.9. The van der Waals surface area contributed by atoms with Gasteiger partial charge in [0.15, 0.2) is 0 Å². The van der Waals surface area contributed by atoms with E-state index in [9.17, 15) is 4.39 Å². The molecule has 2 N–H and O–H groups in total. The summed E-state index contributed by atoms with van der Waals surface area (Å²) in [6.45, 7) is 3.09. The number of nitrogens with zero attached hydrogens (tertiary/aromatic N) is 2. The van der Waals surface area contributed by atoms with Gasteiger partial charge in [-0.25, -0.2) is 4.39 Å². The van der Waals surface area contributed by atoms with Crippen LogP contribution in [0.3, 0.4) is 0 Å². The van der Waals surface area contributed by atoms with Gasteiger partial charge in [-0.3, -0.25) is 9.88 Å². The Morgan fingerprint density at radius 2 is 2.00 bits per heavy atom. The Labute approximate surface area is 119 Å². The zero-order chi connectivity index (χ0) is 14.5. The summed E-state index contributed by atoms with van der Waals surface area (Å²) >= 11 is 0. The molecule has 106 valence electrons. The van der Waals surface area contributed by atoms with Gasteiger partial charge in [0.2, 0.25) is 0 Å². The number of likely N-dealkylation sites (N-methyl/N-ethyl adjacent to an activating group) is 1. The van der Waals surface area contributed by atoms with Crippen molar-refractivity contribution in [2.45, 2.75) is 19.5 Å². The molecule has 0 amide bonds. The van der Waals surface area contributed by atoms with Gasteiger partial charge in [-0.1, -0.05) is 18.2 Å². The fourth-order valence-corrected chi connectivity index (χ4v) is 2.34. The van der Waals surface area contributed by atoms with Crippen LogP contribution in [-0.4, -0.2) is 23.5 Å². The Balaban J connectivity index is 2.15. The molecule has 0 radical (unpaired) electrons. The fraction of sp³-hybridized carbons (Fsp3) is 0.312. The number of rotatable bonds is 5. The van der Waals surface area contributed by atoms with Crippen LogP contribution in [0.1, 0.15) is 23.0 Å². The maximum Gasteiger partial charge on any atom is 0.123 e. The lowest BCUT2D eigenvalue weighted by molar-refractivity contribution is 0.238. The number of aryl methyl sites for hydroxylation is 1. The van der Waals surface area contributed by atoms with Crippen LogP contribution in [0, 0.1) is 12.7 Å².